The van der Waals surface area contributed by atoms with Crippen molar-refractivity contribution in [2.75, 3.05) is 19.6 Å². The van der Waals surface area contributed by atoms with Crippen LogP contribution in [0.25, 0.3) is 0 Å². The van der Waals surface area contributed by atoms with Gasteiger partial charge in [0.25, 0.3) is 0 Å². The number of nitrogens with zero attached hydrogens (tertiary/aromatic N) is 1. The van der Waals surface area contributed by atoms with E-state index < -0.39 is 0 Å². The summed E-state index contributed by atoms with van der Waals surface area (Å²) >= 11 is 0. The summed E-state index contributed by atoms with van der Waals surface area (Å²) in [5, 5.41) is 0. The maximum Gasteiger partial charge on any atom is 0.165 e. The normalized spacial score (nSPS) is 48.7. The Morgan fingerprint density at radius 3 is 3.06 bits per heavy atom. The molecule has 4 atom stereocenters. The maximum absolute atomic E-state index is 6.45. The average Bonchev–Trinajstić information content (AvgIpc) is 2.93. The van der Waals surface area contributed by atoms with Gasteiger partial charge in [-0.15, -0.1) is 0 Å². The van der Waals surface area contributed by atoms with Crippen molar-refractivity contribution in [1.29, 1.82) is 0 Å². The van der Waals surface area contributed by atoms with Crippen molar-refractivity contribution < 1.29 is 9.22 Å². The van der Waals surface area contributed by atoms with Gasteiger partial charge in [-0.3, -0.25) is 0 Å². The van der Waals surface area contributed by atoms with Gasteiger partial charge in [-0.05, 0) is 11.6 Å². The first kappa shape index (κ1) is 8.98. The number of piperidine rings is 3. The minimum atomic E-state index is 0.176. The fourth-order valence-electron chi connectivity index (χ4n) is 4.86. The Labute approximate surface area is 102 Å². The third-order valence-electron chi connectivity index (χ3n) is 5.80. The van der Waals surface area contributed by atoms with Crippen LogP contribution in [0, 0.1) is 5.92 Å². The molecular formula is C15H18NO+. The van der Waals surface area contributed by atoms with E-state index in [2.05, 4.69) is 24.3 Å². The molecule has 0 N–H and O–H groups in total. The molecule has 1 aromatic rings. The van der Waals surface area contributed by atoms with Gasteiger partial charge in [-0.1, -0.05) is 18.2 Å². The fraction of sp³-hybridized carbons (Fsp3) is 0.600. The predicted molar refractivity (Wildman–Crippen MR) is 64.9 cm³/mol. The van der Waals surface area contributed by atoms with Crippen molar-refractivity contribution in [1.82, 2.24) is 0 Å². The van der Waals surface area contributed by atoms with Crippen molar-refractivity contribution in [2.45, 2.75) is 30.9 Å². The lowest BCUT2D eigenvalue weighted by Gasteiger charge is -2.48. The van der Waals surface area contributed by atoms with Crippen molar-refractivity contribution in [2.24, 2.45) is 5.92 Å². The largest absolute Gasteiger partial charge is 0.480 e. The number of quaternary nitrogens is 1. The standard InChI is InChI=1S/C15H18NO/c1-2-4-14-11(3-1)8-15(17-14)10-16-6-5-12(15)7-13(16)9-16/h1-4,12-13H,5-10H2/q+1. The highest BCUT2D eigenvalue weighted by Gasteiger charge is 2.70. The number of rotatable bonds is 0. The van der Waals surface area contributed by atoms with E-state index in [0.29, 0.717) is 0 Å². The molecule has 2 bridgehead atoms. The van der Waals surface area contributed by atoms with Crippen molar-refractivity contribution >= 4 is 0 Å². The molecule has 1 aromatic carbocycles. The van der Waals surface area contributed by atoms with Crippen LogP contribution in [-0.4, -0.2) is 35.8 Å². The van der Waals surface area contributed by atoms with Gasteiger partial charge in [0.15, 0.2) is 5.60 Å². The summed E-state index contributed by atoms with van der Waals surface area (Å²) in [6.07, 6.45) is 3.99. The van der Waals surface area contributed by atoms with E-state index in [1.165, 1.54) is 48.9 Å². The predicted octanol–water partition coefficient (Wildman–Crippen LogP) is 1.98. The summed E-state index contributed by atoms with van der Waals surface area (Å²) in [5.74, 6) is 1.99. The summed E-state index contributed by atoms with van der Waals surface area (Å²) in [6.45, 7) is 4.16. The van der Waals surface area contributed by atoms with Crippen LogP contribution in [0.4, 0.5) is 0 Å². The van der Waals surface area contributed by atoms with Crippen LogP contribution in [0.15, 0.2) is 24.3 Å². The highest BCUT2D eigenvalue weighted by Crippen LogP contribution is 2.56. The Morgan fingerprint density at radius 1 is 1.29 bits per heavy atom. The maximum atomic E-state index is 6.45. The van der Waals surface area contributed by atoms with E-state index in [0.717, 1.165) is 17.7 Å². The molecule has 2 spiro atoms. The van der Waals surface area contributed by atoms with Gasteiger partial charge in [0, 0.05) is 25.2 Å². The molecule has 4 saturated heterocycles. The van der Waals surface area contributed by atoms with Gasteiger partial charge in [-0.2, -0.15) is 0 Å². The Hall–Kier alpha value is -1.02. The molecule has 5 aliphatic rings. The zero-order valence-electron chi connectivity index (χ0n) is 10.1. The highest BCUT2D eigenvalue weighted by atomic mass is 16.5. The molecule has 4 unspecified atom stereocenters. The van der Waals surface area contributed by atoms with E-state index in [-0.39, 0.29) is 5.60 Å². The van der Waals surface area contributed by atoms with Gasteiger partial charge in [0.2, 0.25) is 0 Å². The number of hydrogen-bond acceptors (Lipinski definition) is 1. The number of para-hydroxylation sites is 1. The van der Waals surface area contributed by atoms with Crippen LogP contribution in [0.5, 0.6) is 5.75 Å². The SMILES string of the molecule is c1ccc2c(c1)CC1(C[N+]34CCC1CC3C4)O2. The third-order valence-corrected chi connectivity index (χ3v) is 5.80. The molecule has 6 rings (SSSR count). The fourth-order valence-corrected chi connectivity index (χ4v) is 4.86. The van der Waals surface area contributed by atoms with Crippen LogP contribution < -0.4 is 4.74 Å². The topological polar surface area (TPSA) is 9.23 Å². The molecule has 2 heteroatoms. The lowest BCUT2D eigenvalue weighted by molar-refractivity contribution is -0.840. The average molecular weight is 228 g/mol. The molecular weight excluding hydrogens is 210 g/mol. The first-order valence-electron chi connectivity index (χ1n) is 6.92. The third kappa shape index (κ3) is 0.971. The van der Waals surface area contributed by atoms with Crippen LogP contribution >= 0.6 is 0 Å². The zero-order chi connectivity index (χ0) is 11.1. The number of hydrogen-bond donors (Lipinski definition) is 0. The van der Waals surface area contributed by atoms with E-state index in [4.69, 9.17) is 4.74 Å². The van der Waals surface area contributed by atoms with Gasteiger partial charge < -0.3 is 9.22 Å². The number of ether oxygens (including phenoxy) is 1. The van der Waals surface area contributed by atoms with Gasteiger partial charge in [0.05, 0.1) is 6.54 Å². The van der Waals surface area contributed by atoms with Crippen LogP contribution in [0.3, 0.4) is 0 Å². The molecule has 5 heterocycles. The molecule has 4 fully saturated rings. The lowest BCUT2D eigenvalue weighted by Crippen LogP contribution is -2.62. The summed E-state index contributed by atoms with van der Waals surface area (Å²) in [6, 6.07) is 9.66. The summed E-state index contributed by atoms with van der Waals surface area (Å²) in [4.78, 5) is 0. The Morgan fingerprint density at radius 2 is 2.24 bits per heavy atom. The van der Waals surface area contributed by atoms with E-state index in [1.807, 2.05) is 0 Å². The second-order valence-electron chi connectivity index (χ2n) is 6.61. The summed E-state index contributed by atoms with van der Waals surface area (Å²) in [7, 11) is 0. The van der Waals surface area contributed by atoms with E-state index in [9.17, 15) is 0 Å². The van der Waals surface area contributed by atoms with Crippen molar-refractivity contribution in [3.8, 4) is 5.75 Å². The molecule has 2 nitrogen and oxygen atoms in total. The Bertz CT molecular complexity index is 486. The van der Waals surface area contributed by atoms with E-state index >= 15 is 0 Å². The molecule has 5 aliphatic heterocycles. The molecule has 0 aliphatic carbocycles. The van der Waals surface area contributed by atoms with Crippen molar-refractivity contribution in [3.63, 3.8) is 0 Å². The highest BCUT2D eigenvalue weighted by molar-refractivity contribution is 5.40. The molecule has 88 valence electrons. The van der Waals surface area contributed by atoms with Gasteiger partial charge in [0.1, 0.15) is 24.9 Å². The molecule has 17 heavy (non-hydrogen) atoms. The summed E-state index contributed by atoms with van der Waals surface area (Å²) < 4.78 is 7.84. The Balaban J connectivity index is 1.58. The zero-order valence-corrected chi connectivity index (χ0v) is 10.1. The first-order chi connectivity index (χ1) is 8.30. The summed E-state index contributed by atoms with van der Waals surface area (Å²) in [5.41, 5.74) is 1.62. The molecule has 0 aromatic heterocycles. The minimum Gasteiger partial charge on any atom is -0.480 e. The number of fused-ring (bicyclic) bond motifs is 2. The number of benzene rings is 1. The van der Waals surface area contributed by atoms with Gasteiger partial charge in [-0.25, -0.2) is 0 Å². The Kier molecular flexibility index (Phi) is 1.34. The molecule has 0 saturated carbocycles. The van der Waals surface area contributed by atoms with Crippen LogP contribution in [0.1, 0.15) is 18.4 Å². The second kappa shape index (κ2) is 2.54. The minimum absolute atomic E-state index is 0.176. The molecule has 0 radical (unpaired) electrons. The van der Waals surface area contributed by atoms with E-state index in [1.54, 1.807) is 0 Å². The second-order valence-corrected chi connectivity index (χ2v) is 6.61. The smallest absolute Gasteiger partial charge is 0.165 e. The van der Waals surface area contributed by atoms with Crippen LogP contribution in [0.2, 0.25) is 0 Å². The molecule has 0 amide bonds. The monoisotopic (exact) mass is 228 g/mol. The van der Waals surface area contributed by atoms with Gasteiger partial charge >= 0.3 is 0 Å². The first-order valence-corrected chi connectivity index (χ1v) is 6.92. The van der Waals surface area contributed by atoms with Crippen molar-refractivity contribution in [3.05, 3.63) is 29.8 Å². The van der Waals surface area contributed by atoms with Crippen LogP contribution in [-0.2, 0) is 6.42 Å². The quantitative estimate of drug-likeness (QED) is 0.487. The lowest BCUT2D eigenvalue weighted by atomic mass is 9.73.